The van der Waals surface area contributed by atoms with E-state index in [-0.39, 0.29) is 5.54 Å². The monoisotopic (exact) mass is 396 g/mol. The third-order valence-electron chi connectivity index (χ3n) is 2.83. The smallest absolute Gasteiger partial charge is 0.219 e. The standard InChI is InChI=1S/C17H21IN2O/c1-12-8-13(11-19-17(2,3)4)9-16(20-12)21-15-7-5-6-14(18)10-15/h5-10,19H,11H2,1-4H3. The van der Waals surface area contributed by atoms with Crippen LogP contribution >= 0.6 is 22.6 Å². The van der Waals surface area contributed by atoms with E-state index in [0.29, 0.717) is 5.88 Å². The fraction of sp³-hybridized carbons (Fsp3) is 0.353. The van der Waals surface area contributed by atoms with E-state index in [9.17, 15) is 0 Å². The van der Waals surface area contributed by atoms with Gasteiger partial charge < -0.3 is 10.1 Å². The van der Waals surface area contributed by atoms with Gasteiger partial charge in [-0.25, -0.2) is 4.98 Å². The predicted molar refractivity (Wildman–Crippen MR) is 94.8 cm³/mol. The van der Waals surface area contributed by atoms with E-state index in [0.717, 1.165) is 21.6 Å². The Morgan fingerprint density at radius 2 is 1.95 bits per heavy atom. The molecule has 0 amide bonds. The van der Waals surface area contributed by atoms with Gasteiger partial charge in [-0.1, -0.05) is 6.07 Å². The Kier molecular flexibility index (Phi) is 5.22. The maximum absolute atomic E-state index is 5.87. The Balaban J connectivity index is 2.15. The molecule has 1 aromatic carbocycles. The number of nitrogens with one attached hydrogen (secondary N) is 1. The average molecular weight is 396 g/mol. The van der Waals surface area contributed by atoms with Crippen molar-refractivity contribution in [2.24, 2.45) is 0 Å². The summed E-state index contributed by atoms with van der Waals surface area (Å²) in [5.41, 5.74) is 2.23. The van der Waals surface area contributed by atoms with Crippen molar-refractivity contribution >= 4 is 22.6 Å². The van der Waals surface area contributed by atoms with Crippen LogP contribution in [-0.2, 0) is 6.54 Å². The minimum atomic E-state index is 0.0910. The van der Waals surface area contributed by atoms with Crippen molar-refractivity contribution < 1.29 is 4.74 Å². The zero-order valence-electron chi connectivity index (χ0n) is 12.9. The van der Waals surface area contributed by atoms with Gasteiger partial charge in [-0.05, 0) is 80.1 Å². The number of benzene rings is 1. The highest BCUT2D eigenvalue weighted by Crippen LogP contribution is 2.23. The minimum Gasteiger partial charge on any atom is -0.439 e. The van der Waals surface area contributed by atoms with E-state index in [1.54, 1.807) is 0 Å². The SMILES string of the molecule is Cc1cc(CNC(C)(C)C)cc(Oc2cccc(I)c2)n1. The number of rotatable bonds is 4. The molecule has 1 heterocycles. The van der Waals surface area contributed by atoms with Crippen LogP contribution in [0, 0.1) is 10.5 Å². The lowest BCUT2D eigenvalue weighted by atomic mass is 10.1. The fourth-order valence-corrected chi connectivity index (χ4v) is 2.39. The number of hydrogen-bond donors (Lipinski definition) is 1. The number of aryl methyl sites for hydroxylation is 1. The maximum Gasteiger partial charge on any atom is 0.219 e. The van der Waals surface area contributed by atoms with Crippen LogP contribution in [-0.4, -0.2) is 10.5 Å². The Bertz CT molecular complexity index is 620. The molecule has 0 aliphatic carbocycles. The van der Waals surface area contributed by atoms with Gasteiger partial charge in [0.1, 0.15) is 5.75 Å². The molecule has 0 saturated carbocycles. The summed E-state index contributed by atoms with van der Waals surface area (Å²) in [6.07, 6.45) is 0. The molecule has 4 heteroatoms. The molecular formula is C17H21IN2O. The predicted octanol–water partition coefficient (Wildman–Crippen LogP) is 4.68. The van der Waals surface area contributed by atoms with Gasteiger partial charge in [-0.2, -0.15) is 0 Å². The maximum atomic E-state index is 5.87. The lowest BCUT2D eigenvalue weighted by molar-refractivity contribution is 0.421. The van der Waals surface area contributed by atoms with Crippen molar-refractivity contribution in [1.82, 2.24) is 10.3 Å². The Labute approximate surface area is 140 Å². The molecule has 0 spiro atoms. The van der Waals surface area contributed by atoms with Gasteiger partial charge in [0.15, 0.2) is 0 Å². The highest BCUT2D eigenvalue weighted by atomic mass is 127. The Morgan fingerprint density at radius 3 is 2.62 bits per heavy atom. The highest BCUT2D eigenvalue weighted by Gasteiger charge is 2.10. The number of aromatic nitrogens is 1. The third-order valence-corrected chi connectivity index (χ3v) is 3.50. The number of nitrogens with zero attached hydrogens (tertiary/aromatic N) is 1. The van der Waals surface area contributed by atoms with Gasteiger partial charge in [0.05, 0.1) is 0 Å². The van der Waals surface area contributed by atoms with Crippen LogP contribution in [0.4, 0.5) is 0 Å². The molecule has 112 valence electrons. The van der Waals surface area contributed by atoms with E-state index in [2.05, 4.69) is 59.7 Å². The Morgan fingerprint density at radius 1 is 1.19 bits per heavy atom. The first-order chi connectivity index (χ1) is 9.82. The molecule has 2 rings (SSSR count). The second-order valence-corrected chi connectivity index (χ2v) is 7.36. The molecule has 3 nitrogen and oxygen atoms in total. The molecule has 0 fully saturated rings. The zero-order chi connectivity index (χ0) is 15.5. The van der Waals surface area contributed by atoms with Crippen molar-refractivity contribution in [3.63, 3.8) is 0 Å². The van der Waals surface area contributed by atoms with Gasteiger partial charge in [-0.15, -0.1) is 0 Å². The van der Waals surface area contributed by atoms with Crippen LogP contribution in [0.1, 0.15) is 32.0 Å². The van der Waals surface area contributed by atoms with E-state index in [1.165, 1.54) is 5.56 Å². The lowest BCUT2D eigenvalue weighted by Gasteiger charge is -2.20. The molecule has 2 aromatic rings. The first kappa shape index (κ1) is 16.2. The molecule has 21 heavy (non-hydrogen) atoms. The molecule has 0 unspecified atom stereocenters. The molecule has 0 bridgehead atoms. The van der Waals surface area contributed by atoms with E-state index >= 15 is 0 Å². The van der Waals surface area contributed by atoms with Crippen LogP contribution in [0.5, 0.6) is 11.6 Å². The summed E-state index contributed by atoms with van der Waals surface area (Å²) >= 11 is 2.27. The van der Waals surface area contributed by atoms with Crippen molar-refractivity contribution in [3.8, 4) is 11.6 Å². The van der Waals surface area contributed by atoms with E-state index in [4.69, 9.17) is 4.74 Å². The van der Waals surface area contributed by atoms with Gasteiger partial charge >= 0.3 is 0 Å². The molecule has 1 N–H and O–H groups in total. The summed E-state index contributed by atoms with van der Waals surface area (Å²) in [7, 11) is 0. The zero-order valence-corrected chi connectivity index (χ0v) is 15.1. The second-order valence-electron chi connectivity index (χ2n) is 6.12. The summed E-state index contributed by atoms with van der Waals surface area (Å²) in [6, 6.07) is 12.0. The summed E-state index contributed by atoms with van der Waals surface area (Å²) in [5.74, 6) is 1.46. The number of ether oxygens (including phenoxy) is 1. The second kappa shape index (κ2) is 6.75. The largest absolute Gasteiger partial charge is 0.439 e. The minimum absolute atomic E-state index is 0.0910. The van der Waals surface area contributed by atoms with Crippen molar-refractivity contribution in [1.29, 1.82) is 0 Å². The van der Waals surface area contributed by atoms with Crippen molar-refractivity contribution in [2.45, 2.75) is 39.8 Å². The van der Waals surface area contributed by atoms with Crippen LogP contribution in [0.15, 0.2) is 36.4 Å². The third kappa shape index (κ3) is 5.63. The lowest BCUT2D eigenvalue weighted by Crippen LogP contribution is -2.35. The summed E-state index contributed by atoms with van der Waals surface area (Å²) in [4.78, 5) is 4.45. The molecule has 0 atom stereocenters. The van der Waals surface area contributed by atoms with Crippen LogP contribution in [0.25, 0.3) is 0 Å². The quantitative estimate of drug-likeness (QED) is 0.763. The molecule has 0 aliphatic heterocycles. The molecule has 1 aromatic heterocycles. The first-order valence-electron chi connectivity index (χ1n) is 6.98. The van der Waals surface area contributed by atoms with E-state index < -0.39 is 0 Å². The van der Waals surface area contributed by atoms with E-state index in [1.807, 2.05) is 37.3 Å². The van der Waals surface area contributed by atoms with Crippen molar-refractivity contribution in [3.05, 3.63) is 51.2 Å². The average Bonchev–Trinajstić information content (AvgIpc) is 2.35. The number of pyridine rings is 1. The first-order valence-corrected chi connectivity index (χ1v) is 8.06. The topological polar surface area (TPSA) is 34.1 Å². The van der Waals surface area contributed by atoms with Gasteiger partial charge in [-0.3, -0.25) is 0 Å². The summed E-state index contributed by atoms with van der Waals surface area (Å²) in [5, 5.41) is 3.48. The van der Waals surface area contributed by atoms with Gasteiger partial charge in [0.2, 0.25) is 5.88 Å². The molecule has 0 radical (unpaired) electrons. The van der Waals surface area contributed by atoms with Crippen LogP contribution in [0.3, 0.4) is 0 Å². The van der Waals surface area contributed by atoms with Gasteiger partial charge in [0.25, 0.3) is 0 Å². The molecule has 0 saturated heterocycles. The fourth-order valence-electron chi connectivity index (χ4n) is 1.88. The summed E-state index contributed by atoms with van der Waals surface area (Å²) in [6.45, 7) is 9.26. The number of halogens is 1. The van der Waals surface area contributed by atoms with Gasteiger partial charge in [0, 0.05) is 27.4 Å². The highest BCUT2D eigenvalue weighted by molar-refractivity contribution is 14.1. The normalized spacial score (nSPS) is 11.5. The molecular weight excluding hydrogens is 375 g/mol. The molecule has 0 aliphatic rings. The van der Waals surface area contributed by atoms with Crippen molar-refractivity contribution in [2.75, 3.05) is 0 Å². The Hall–Kier alpha value is -1.14. The number of hydrogen-bond acceptors (Lipinski definition) is 3. The van der Waals surface area contributed by atoms with Crippen LogP contribution in [0.2, 0.25) is 0 Å². The van der Waals surface area contributed by atoms with Crippen LogP contribution < -0.4 is 10.1 Å². The summed E-state index contributed by atoms with van der Waals surface area (Å²) < 4.78 is 7.01.